The minimum absolute atomic E-state index is 0.138. The van der Waals surface area contributed by atoms with Gasteiger partial charge < -0.3 is 20.7 Å². The lowest BCUT2D eigenvalue weighted by Gasteiger charge is -2.13. The van der Waals surface area contributed by atoms with Crippen LogP contribution in [0.3, 0.4) is 0 Å². The molecule has 2 aromatic rings. The van der Waals surface area contributed by atoms with Gasteiger partial charge in [0.15, 0.2) is 0 Å². The fourth-order valence-corrected chi connectivity index (χ4v) is 1.99. The first-order valence-electron chi connectivity index (χ1n) is 6.47. The zero-order chi connectivity index (χ0) is 14.9. The van der Waals surface area contributed by atoms with Crippen LogP contribution >= 0.6 is 0 Å². The summed E-state index contributed by atoms with van der Waals surface area (Å²) in [5.74, 6) is -0.0970. The number of phenolic OH excluding ortho intramolecular Hbond substituents is 1. The van der Waals surface area contributed by atoms with Gasteiger partial charge in [-0.1, -0.05) is 6.07 Å². The molecule has 1 heterocycles. The zero-order valence-corrected chi connectivity index (χ0v) is 11.8. The molecule has 0 aliphatic carbocycles. The molecule has 0 saturated carbocycles. The van der Waals surface area contributed by atoms with E-state index in [2.05, 4.69) is 5.32 Å². The van der Waals surface area contributed by atoms with E-state index in [0.29, 0.717) is 17.1 Å². The van der Waals surface area contributed by atoms with Crippen LogP contribution in [0.2, 0.25) is 0 Å². The zero-order valence-electron chi connectivity index (χ0n) is 11.8. The highest BCUT2D eigenvalue weighted by Crippen LogP contribution is 2.22. The Morgan fingerprint density at radius 3 is 2.65 bits per heavy atom. The van der Waals surface area contributed by atoms with E-state index in [-0.39, 0.29) is 17.7 Å². The number of nitrogen functional groups attached to an aromatic ring is 1. The average molecular weight is 273 g/mol. The topological polar surface area (TPSA) is 80.3 Å². The largest absolute Gasteiger partial charge is 0.508 e. The van der Waals surface area contributed by atoms with Gasteiger partial charge in [-0.2, -0.15) is 0 Å². The fourth-order valence-electron chi connectivity index (χ4n) is 1.99. The third-order valence-electron chi connectivity index (χ3n) is 3.13. The van der Waals surface area contributed by atoms with Gasteiger partial charge in [0.2, 0.25) is 0 Å². The van der Waals surface area contributed by atoms with E-state index in [9.17, 15) is 9.90 Å². The molecule has 1 amide bonds. The van der Waals surface area contributed by atoms with Gasteiger partial charge in [-0.15, -0.1) is 0 Å². The first kappa shape index (κ1) is 14.0. The smallest absolute Gasteiger partial charge is 0.272 e. The summed E-state index contributed by atoms with van der Waals surface area (Å²) < 4.78 is 1.82. The Labute approximate surface area is 118 Å². The number of aryl methyl sites for hydroxylation is 1. The number of nitrogens with two attached hydrogens (primary N) is 1. The lowest BCUT2D eigenvalue weighted by atomic mass is 10.2. The molecule has 0 unspecified atom stereocenters. The summed E-state index contributed by atoms with van der Waals surface area (Å²) in [6.07, 6.45) is 1.74. The molecule has 0 bridgehead atoms. The van der Waals surface area contributed by atoms with E-state index in [1.807, 2.05) is 18.4 Å². The fraction of sp³-hybridized carbons (Fsp3) is 0.267. The molecule has 5 heteroatoms. The summed E-state index contributed by atoms with van der Waals surface area (Å²) in [7, 11) is 0. The standard InChI is InChI=1S/C15H19N3O2/c1-9(2)18-8-11(16)6-13(18)15(20)17-12-5-4-10(3)14(19)7-12/h4-9,19H,16H2,1-3H3,(H,17,20). The molecule has 1 aromatic heterocycles. The number of nitrogens with zero attached hydrogens (tertiary/aromatic N) is 1. The van der Waals surface area contributed by atoms with Crippen LogP contribution in [0.5, 0.6) is 5.75 Å². The normalized spacial score (nSPS) is 10.8. The molecule has 106 valence electrons. The Hall–Kier alpha value is -2.43. The van der Waals surface area contributed by atoms with Crippen LogP contribution in [0.25, 0.3) is 0 Å². The van der Waals surface area contributed by atoms with Crippen LogP contribution in [0.15, 0.2) is 30.5 Å². The van der Waals surface area contributed by atoms with Crippen LogP contribution < -0.4 is 11.1 Å². The quantitative estimate of drug-likeness (QED) is 0.804. The second-order valence-electron chi connectivity index (χ2n) is 5.12. The predicted octanol–water partition coefficient (Wildman–Crippen LogP) is 2.92. The van der Waals surface area contributed by atoms with Crippen molar-refractivity contribution in [3.63, 3.8) is 0 Å². The van der Waals surface area contributed by atoms with Crippen molar-refractivity contribution >= 4 is 17.3 Å². The average Bonchev–Trinajstić information content (AvgIpc) is 2.76. The molecule has 0 aliphatic heterocycles. The van der Waals surface area contributed by atoms with Crippen molar-refractivity contribution in [2.45, 2.75) is 26.8 Å². The maximum Gasteiger partial charge on any atom is 0.272 e. The molecule has 0 atom stereocenters. The van der Waals surface area contributed by atoms with Gasteiger partial charge >= 0.3 is 0 Å². The van der Waals surface area contributed by atoms with Crippen LogP contribution in [0.1, 0.15) is 35.9 Å². The van der Waals surface area contributed by atoms with Crippen molar-refractivity contribution in [2.75, 3.05) is 11.1 Å². The Morgan fingerprint density at radius 1 is 1.35 bits per heavy atom. The van der Waals surface area contributed by atoms with Crippen LogP contribution in [-0.4, -0.2) is 15.6 Å². The summed E-state index contributed by atoms with van der Waals surface area (Å²) in [5, 5.41) is 12.4. The summed E-state index contributed by atoms with van der Waals surface area (Å²) >= 11 is 0. The second kappa shape index (κ2) is 5.28. The lowest BCUT2D eigenvalue weighted by Crippen LogP contribution is -2.17. The van der Waals surface area contributed by atoms with E-state index < -0.39 is 0 Å². The molecule has 0 fully saturated rings. The van der Waals surface area contributed by atoms with Crippen LogP contribution in [0.4, 0.5) is 11.4 Å². The molecule has 4 N–H and O–H groups in total. The number of benzene rings is 1. The maximum absolute atomic E-state index is 12.3. The van der Waals surface area contributed by atoms with Crippen LogP contribution in [-0.2, 0) is 0 Å². The summed E-state index contributed by atoms with van der Waals surface area (Å²) in [6, 6.07) is 6.81. The number of phenols is 1. The number of carbonyl (C=O) groups excluding carboxylic acids is 1. The van der Waals surface area contributed by atoms with Gasteiger partial charge in [-0.3, -0.25) is 4.79 Å². The number of hydrogen-bond donors (Lipinski definition) is 3. The summed E-state index contributed by atoms with van der Waals surface area (Å²) in [5.41, 5.74) is 8.11. The number of hydrogen-bond acceptors (Lipinski definition) is 3. The highest BCUT2D eigenvalue weighted by molar-refractivity contribution is 6.04. The molecule has 1 aromatic carbocycles. The van der Waals surface area contributed by atoms with Crippen molar-refractivity contribution in [3.05, 3.63) is 41.7 Å². The van der Waals surface area contributed by atoms with Crippen LogP contribution in [0, 0.1) is 6.92 Å². The lowest BCUT2D eigenvalue weighted by molar-refractivity contribution is 0.101. The van der Waals surface area contributed by atoms with Crippen molar-refractivity contribution in [2.24, 2.45) is 0 Å². The monoisotopic (exact) mass is 273 g/mol. The van der Waals surface area contributed by atoms with Gasteiger partial charge in [0, 0.05) is 24.0 Å². The van der Waals surface area contributed by atoms with Crippen molar-refractivity contribution < 1.29 is 9.90 Å². The Bertz CT molecular complexity index is 645. The van der Waals surface area contributed by atoms with E-state index in [1.54, 1.807) is 31.3 Å². The highest BCUT2D eigenvalue weighted by Gasteiger charge is 2.15. The van der Waals surface area contributed by atoms with E-state index >= 15 is 0 Å². The Kier molecular flexibility index (Phi) is 3.70. The molecule has 0 aliphatic rings. The molecular weight excluding hydrogens is 254 g/mol. The number of nitrogens with one attached hydrogen (secondary N) is 1. The van der Waals surface area contributed by atoms with Gasteiger partial charge in [0.05, 0.1) is 5.69 Å². The minimum atomic E-state index is -0.251. The minimum Gasteiger partial charge on any atom is -0.508 e. The highest BCUT2D eigenvalue weighted by atomic mass is 16.3. The number of rotatable bonds is 3. The number of anilines is 2. The number of carbonyl (C=O) groups is 1. The third-order valence-corrected chi connectivity index (χ3v) is 3.13. The third kappa shape index (κ3) is 2.77. The maximum atomic E-state index is 12.3. The molecule has 0 spiro atoms. The van der Waals surface area contributed by atoms with E-state index in [0.717, 1.165) is 5.56 Å². The number of aromatic hydroxyl groups is 1. The number of amides is 1. The van der Waals surface area contributed by atoms with Crippen molar-refractivity contribution in [3.8, 4) is 5.75 Å². The first-order valence-corrected chi connectivity index (χ1v) is 6.47. The number of aromatic nitrogens is 1. The molecule has 5 nitrogen and oxygen atoms in total. The predicted molar refractivity (Wildman–Crippen MR) is 80.0 cm³/mol. The first-order chi connectivity index (χ1) is 9.38. The molecule has 2 rings (SSSR count). The van der Waals surface area contributed by atoms with E-state index in [1.165, 1.54) is 6.07 Å². The van der Waals surface area contributed by atoms with Gasteiger partial charge in [0.1, 0.15) is 11.4 Å². The molecule has 20 heavy (non-hydrogen) atoms. The van der Waals surface area contributed by atoms with Crippen molar-refractivity contribution in [1.82, 2.24) is 4.57 Å². The van der Waals surface area contributed by atoms with Gasteiger partial charge in [-0.05, 0) is 38.5 Å². The SMILES string of the molecule is Cc1ccc(NC(=O)c2cc(N)cn2C(C)C)cc1O. The summed E-state index contributed by atoms with van der Waals surface area (Å²) in [4.78, 5) is 12.3. The van der Waals surface area contributed by atoms with E-state index in [4.69, 9.17) is 5.73 Å². The molecular formula is C15H19N3O2. The van der Waals surface area contributed by atoms with Crippen molar-refractivity contribution in [1.29, 1.82) is 0 Å². The summed E-state index contributed by atoms with van der Waals surface area (Å²) in [6.45, 7) is 5.76. The van der Waals surface area contributed by atoms with Gasteiger partial charge in [-0.25, -0.2) is 0 Å². The molecule has 0 radical (unpaired) electrons. The second-order valence-corrected chi connectivity index (χ2v) is 5.12. The Balaban J connectivity index is 2.26. The molecule has 0 saturated heterocycles. The van der Waals surface area contributed by atoms with Gasteiger partial charge in [0.25, 0.3) is 5.91 Å². The Morgan fingerprint density at radius 2 is 2.05 bits per heavy atom.